The van der Waals surface area contributed by atoms with E-state index in [0.717, 1.165) is 41.5 Å². The molecule has 0 saturated carbocycles. The van der Waals surface area contributed by atoms with E-state index >= 15 is 0 Å². The molecule has 3 nitrogen and oxygen atoms in total. The Hall–Kier alpha value is -1.06. The molecule has 2 rings (SSSR count). The summed E-state index contributed by atoms with van der Waals surface area (Å²) in [4.78, 5) is 7.18. The molecule has 0 spiro atoms. The lowest BCUT2D eigenvalue weighted by Gasteiger charge is -2.20. The summed E-state index contributed by atoms with van der Waals surface area (Å²) in [7, 11) is 2.08. The van der Waals surface area contributed by atoms with Crippen molar-refractivity contribution in [2.24, 2.45) is 7.05 Å². The standard InChI is InChI=1S/C15H22ClN3/c1-4-8-19(9-5-2)11-15-17-13-10-12(16)6-7-14(13)18(15)3/h6-7,10H,4-5,8-9,11H2,1-3H3. The van der Waals surface area contributed by atoms with Gasteiger partial charge in [-0.25, -0.2) is 4.98 Å². The summed E-state index contributed by atoms with van der Waals surface area (Å²) in [6, 6.07) is 5.90. The molecule has 0 atom stereocenters. The third-order valence-electron chi connectivity index (χ3n) is 3.38. The summed E-state index contributed by atoms with van der Waals surface area (Å²) < 4.78 is 2.17. The molecular formula is C15H22ClN3. The van der Waals surface area contributed by atoms with Crippen LogP contribution in [0.3, 0.4) is 0 Å². The van der Waals surface area contributed by atoms with Crippen molar-refractivity contribution in [3.05, 3.63) is 29.0 Å². The van der Waals surface area contributed by atoms with Crippen LogP contribution in [-0.2, 0) is 13.6 Å². The Morgan fingerprint density at radius 1 is 1.21 bits per heavy atom. The van der Waals surface area contributed by atoms with Gasteiger partial charge in [0.1, 0.15) is 5.82 Å². The molecule has 1 aromatic carbocycles. The van der Waals surface area contributed by atoms with Gasteiger partial charge in [-0.15, -0.1) is 0 Å². The molecule has 0 saturated heterocycles. The number of hydrogen-bond donors (Lipinski definition) is 0. The largest absolute Gasteiger partial charge is 0.330 e. The van der Waals surface area contributed by atoms with E-state index in [2.05, 4.69) is 30.4 Å². The maximum atomic E-state index is 6.03. The minimum absolute atomic E-state index is 0.746. The number of aromatic nitrogens is 2. The van der Waals surface area contributed by atoms with Crippen molar-refractivity contribution >= 4 is 22.6 Å². The van der Waals surface area contributed by atoms with Crippen LogP contribution in [0, 0.1) is 0 Å². The molecule has 0 aliphatic heterocycles. The van der Waals surface area contributed by atoms with Gasteiger partial charge in [0.25, 0.3) is 0 Å². The van der Waals surface area contributed by atoms with Crippen LogP contribution in [0.25, 0.3) is 11.0 Å². The molecule has 19 heavy (non-hydrogen) atoms. The summed E-state index contributed by atoms with van der Waals surface area (Å²) in [5, 5.41) is 0.746. The Morgan fingerprint density at radius 3 is 2.53 bits per heavy atom. The first-order valence-corrected chi connectivity index (χ1v) is 7.36. The second-order valence-corrected chi connectivity index (χ2v) is 5.43. The van der Waals surface area contributed by atoms with Crippen LogP contribution in [0.5, 0.6) is 0 Å². The highest BCUT2D eigenvalue weighted by Gasteiger charge is 2.11. The Balaban J connectivity index is 2.26. The van der Waals surface area contributed by atoms with Gasteiger partial charge >= 0.3 is 0 Å². The van der Waals surface area contributed by atoms with Crippen LogP contribution in [-0.4, -0.2) is 27.5 Å². The summed E-state index contributed by atoms with van der Waals surface area (Å²) in [6.45, 7) is 7.59. The van der Waals surface area contributed by atoms with Gasteiger partial charge in [-0.05, 0) is 44.1 Å². The van der Waals surface area contributed by atoms with E-state index in [9.17, 15) is 0 Å². The number of imidazole rings is 1. The van der Waals surface area contributed by atoms with Crippen molar-refractivity contribution in [1.82, 2.24) is 14.5 Å². The van der Waals surface area contributed by atoms with E-state index in [1.54, 1.807) is 0 Å². The third kappa shape index (κ3) is 3.28. The molecule has 1 heterocycles. The highest BCUT2D eigenvalue weighted by Crippen LogP contribution is 2.20. The van der Waals surface area contributed by atoms with Gasteiger partial charge in [0, 0.05) is 12.1 Å². The third-order valence-corrected chi connectivity index (χ3v) is 3.62. The van der Waals surface area contributed by atoms with Crippen LogP contribution in [0.2, 0.25) is 5.02 Å². The first-order chi connectivity index (χ1) is 9.15. The van der Waals surface area contributed by atoms with E-state index in [-0.39, 0.29) is 0 Å². The van der Waals surface area contributed by atoms with Crippen molar-refractivity contribution in [3.63, 3.8) is 0 Å². The molecule has 0 unspecified atom stereocenters. The van der Waals surface area contributed by atoms with Gasteiger partial charge in [0.2, 0.25) is 0 Å². The molecule has 4 heteroatoms. The van der Waals surface area contributed by atoms with Crippen molar-refractivity contribution in [2.45, 2.75) is 33.2 Å². The molecule has 0 radical (unpaired) electrons. The van der Waals surface area contributed by atoms with Crippen molar-refractivity contribution in [3.8, 4) is 0 Å². The van der Waals surface area contributed by atoms with Crippen LogP contribution in [0.15, 0.2) is 18.2 Å². The van der Waals surface area contributed by atoms with Crippen LogP contribution >= 0.6 is 11.6 Å². The fourth-order valence-electron chi connectivity index (χ4n) is 2.47. The number of benzene rings is 1. The zero-order chi connectivity index (χ0) is 13.8. The van der Waals surface area contributed by atoms with Crippen LogP contribution in [0.1, 0.15) is 32.5 Å². The highest BCUT2D eigenvalue weighted by molar-refractivity contribution is 6.31. The summed E-state index contributed by atoms with van der Waals surface area (Å²) in [5.41, 5.74) is 2.13. The van der Waals surface area contributed by atoms with Gasteiger partial charge < -0.3 is 4.57 Å². The fourth-order valence-corrected chi connectivity index (χ4v) is 2.63. The first kappa shape index (κ1) is 14.4. The second kappa shape index (κ2) is 6.40. The molecule has 0 N–H and O–H groups in total. The van der Waals surface area contributed by atoms with Crippen molar-refractivity contribution in [1.29, 1.82) is 0 Å². The quantitative estimate of drug-likeness (QED) is 0.801. The molecule has 1 aromatic heterocycles. The first-order valence-electron chi connectivity index (χ1n) is 6.99. The monoisotopic (exact) mass is 279 g/mol. The molecule has 0 amide bonds. The van der Waals surface area contributed by atoms with Gasteiger partial charge in [0.15, 0.2) is 0 Å². The lowest BCUT2D eigenvalue weighted by Crippen LogP contribution is -2.26. The van der Waals surface area contributed by atoms with Gasteiger partial charge in [-0.2, -0.15) is 0 Å². The molecule has 2 aromatic rings. The lowest BCUT2D eigenvalue weighted by atomic mass is 10.3. The van der Waals surface area contributed by atoms with E-state index < -0.39 is 0 Å². The van der Waals surface area contributed by atoms with Crippen LogP contribution < -0.4 is 0 Å². The molecule has 0 aliphatic carbocycles. The normalized spacial score (nSPS) is 11.6. The van der Waals surface area contributed by atoms with Gasteiger partial charge in [0.05, 0.1) is 17.6 Å². The SMILES string of the molecule is CCCN(CCC)Cc1nc2cc(Cl)ccc2n1C. The van der Waals surface area contributed by atoms with Crippen molar-refractivity contribution in [2.75, 3.05) is 13.1 Å². The zero-order valence-electron chi connectivity index (χ0n) is 12.0. The molecule has 0 fully saturated rings. The topological polar surface area (TPSA) is 21.1 Å². The molecular weight excluding hydrogens is 258 g/mol. The van der Waals surface area contributed by atoms with E-state index in [0.29, 0.717) is 0 Å². The maximum Gasteiger partial charge on any atom is 0.123 e. The minimum atomic E-state index is 0.746. The summed E-state index contributed by atoms with van der Waals surface area (Å²) >= 11 is 6.03. The second-order valence-electron chi connectivity index (χ2n) is 5.00. The van der Waals surface area contributed by atoms with E-state index in [4.69, 9.17) is 16.6 Å². The number of fused-ring (bicyclic) bond motifs is 1. The lowest BCUT2D eigenvalue weighted by molar-refractivity contribution is 0.258. The summed E-state index contributed by atoms with van der Waals surface area (Å²) in [6.07, 6.45) is 2.35. The summed E-state index contributed by atoms with van der Waals surface area (Å²) in [5.74, 6) is 1.11. The predicted octanol–water partition coefficient (Wildman–Crippen LogP) is 3.85. The Morgan fingerprint density at radius 2 is 1.89 bits per heavy atom. The van der Waals surface area contributed by atoms with Crippen molar-refractivity contribution < 1.29 is 0 Å². The van der Waals surface area contributed by atoms with E-state index in [1.165, 1.54) is 12.8 Å². The highest BCUT2D eigenvalue weighted by atomic mass is 35.5. The van der Waals surface area contributed by atoms with Crippen LogP contribution in [0.4, 0.5) is 0 Å². The van der Waals surface area contributed by atoms with E-state index in [1.807, 2.05) is 18.2 Å². The molecule has 104 valence electrons. The number of rotatable bonds is 6. The molecule has 0 aliphatic rings. The van der Waals surface area contributed by atoms with Gasteiger partial charge in [-0.1, -0.05) is 25.4 Å². The number of hydrogen-bond acceptors (Lipinski definition) is 2. The smallest absolute Gasteiger partial charge is 0.123 e. The Bertz CT molecular complexity index is 542. The number of aryl methyl sites for hydroxylation is 1. The van der Waals surface area contributed by atoms with Gasteiger partial charge in [-0.3, -0.25) is 4.90 Å². The zero-order valence-corrected chi connectivity index (χ0v) is 12.7. The fraction of sp³-hybridized carbons (Fsp3) is 0.533. The average Bonchev–Trinajstić information content (AvgIpc) is 2.66. The minimum Gasteiger partial charge on any atom is -0.330 e. The number of nitrogens with zero attached hydrogens (tertiary/aromatic N) is 3. The number of halogens is 1. The maximum absolute atomic E-state index is 6.03. The Labute approximate surface area is 120 Å². The Kier molecular flexibility index (Phi) is 4.83. The predicted molar refractivity (Wildman–Crippen MR) is 81.6 cm³/mol. The average molecular weight is 280 g/mol. The molecule has 0 bridgehead atoms.